The summed E-state index contributed by atoms with van der Waals surface area (Å²) in [5.74, 6) is 1.95. The second kappa shape index (κ2) is 4.85. The molecule has 0 bridgehead atoms. The highest BCUT2D eigenvalue weighted by Gasteiger charge is 2.32. The number of benzene rings is 1. The Morgan fingerprint density at radius 3 is 2.47 bits per heavy atom. The Bertz CT molecular complexity index is 512. The molecular formula is C15H19NO3. The second-order valence-electron chi connectivity index (χ2n) is 5.30. The van der Waals surface area contributed by atoms with Gasteiger partial charge in [-0.05, 0) is 29.7 Å². The molecule has 1 fully saturated rings. The van der Waals surface area contributed by atoms with E-state index in [0.29, 0.717) is 24.7 Å². The lowest BCUT2D eigenvalue weighted by molar-refractivity contribution is -0.123. The molecule has 0 amide bonds. The third-order valence-corrected chi connectivity index (χ3v) is 4.19. The van der Waals surface area contributed by atoms with E-state index < -0.39 is 0 Å². The average Bonchev–Trinajstić information content (AvgIpc) is 2.43. The Hall–Kier alpha value is -1.55. The Morgan fingerprint density at radius 1 is 1.11 bits per heavy atom. The highest BCUT2D eigenvalue weighted by Crippen LogP contribution is 2.36. The van der Waals surface area contributed by atoms with Gasteiger partial charge in [-0.1, -0.05) is 0 Å². The SMILES string of the molecule is COc1cc2c(cc1OC)CN1CCC(=O)C[C@H]1C2. The monoisotopic (exact) mass is 261 g/mol. The topological polar surface area (TPSA) is 38.8 Å². The van der Waals surface area contributed by atoms with Gasteiger partial charge in [0.15, 0.2) is 11.5 Å². The first-order chi connectivity index (χ1) is 9.21. The molecule has 0 unspecified atom stereocenters. The minimum absolute atomic E-state index is 0.367. The molecule has 0 radical (unpaired) electrons. The summed E-state index contributed by atoms with van der Waals surface area (Å²) in [4.78, 5) is 14.0. The molecular weight excluding hydrogens is 242 g/mol. The van der Waals surface area contributed by atoms with Crippen molar-refractivity contribution in [2.24, 2.45) is 0 Å². The van der Waals surface area contributed by atoms with Crippen molar-refractivity contribution < 1.29 is 14.3 Å². The highest BCUT2D eigenvalue weighted by molar-refractivity contribution is 5.80. The number of piperidine rings is 1. The van der Waals surface area contributed by atoms with Gasteiger partial charge >= 0.3 is 0 Å². The number of nitrogens with zero attached hydrogens (tertiary/aromatic N) is 1. The lowest BCUT2D eigenvalue weighted by atomic mass is 9.88. The van der Waals surface area contributed by atoms with Crippen LogP contribution in [0.15, 0.2) is 12.1 Å². The van der Waals surface area contributed by atoms with Crippen LogP contribution in [0.1, 0.15) is 24.0 Å². The molecule has 19 heavy (non-hydrogen) atoms. The van der Waals surface area contributed by atoms with Crippen LogP contribution in [0, 0.1) is 0 Å². The summed E-state index contributed by atoms with van der Waals surface area (Å²) in [5.41, 5.74) is 2.58. The van der Waals surface area contributed by atoms with Crippen LogP contribution in [0.5, 0.6) is 11.5 Å². The number of rotatable bonds is 2. The molecule has 1 atom stereocenters. The maximum absolute atomic E-state index is 11.6. The van der Waals surface area contributed by atoms with Crippen molar-refractivity contribution in [2.75, 3.05) is 20.8 Å². The minimum Gasteiger partial charge on any atom is -0.493 e. The van der Waals surface area contributed by atoms with Crippen molar-refractivity contribution in [1.29, 1.82) is 0 Å². The van der Waals surface area contributed by atoms with E-state index >= 15 is 0 Å². The van der Waals surface area contributed by atoms with Gasteiger partial charge in [-0.3, -0.25) is 9.69 Å². The van der Waals surface area contributed by atoms with E-state index in [0.717, 1.165) is 31.0 Å². The molecule has 102 valence electrons. The molecule has 1 aromatic rings. The number of fused-ring (bicyclic) bond motifs is 2. The summed E-state index contributed by atoms with van der Waals surface area (Å²) >= 11 is 0. The van der Waals surface area contributed by atoms with Gasteiger partial charge in [-0.25, -0.2) is 0 Å². The fourth-order valence-corrected chi connectivity index (χ4v) is 3.13. The average molecular weight is 261 g/mol. The third-order valence-electron chi connectivity index (χ3n) is 4.19. The van der Waals surface area contributed by atoms with E-state index in [2.05, 4.69) is 17.0 Å². The van der Waals surface area contributed by atoms with Gasteiger partial charge in [0.1, 0.15) is 5.78 Å². The number of Topliss-reactive ketones (excluding diaryl/α,β-unsaturated/α-hetero) is 1. The smallest absolute Gasteiger partial charge is 0.161 e. The lowest BCUT2D eigenvalue weighted by Crippen LogP contribution is -2.46. The quantitative estimate of drug-likeness (QED) is 0.813. The van der Waals surface area contributed by atoms with Crippen LogP contribution in [0.25, 0.3) is 0 Å². The van der Waals surface area contributed by atoms with E-state index in [1.807, 2.05) is 0 Å². The Balaban J connectivity index is 1.93. The third kappa shape index (κ3) is 2.21. The zero-order valence-corrected chi connectivity index (χ0v) is 11.4. The molecule has 0 saturated carbocycles. The summed E-state index contributed by atoms with van der Waals surface area (Å²) < 4.78 is 10.7. The van der Waals surface area contributed by atoms with E-state index in [4.69, 9.17) is 9.47 Å². The summed E-state index contributed by atoms with van der Waals surface area (Å²) in [7, 11) is 3.32. The van der Waals surface area contributed by atoms with Crippen molar-refractivity contribution in [2.45, 2.75) is 31.8 Å². The first kappa shape index (κ1) is 12.5. The molecule has 4 heteroatoms. The first-order valence-electron chi connectivity index (χ1n) is 6.70. The van der Waals surface area contributed by atoms with E-state index in [9.17, 15) is 4.79 Å². The number of carbonyl (C=O) groups is 1. The number of methoxy groups -OCH3 is 2. The predicted molar refractivity (Wildman–Crippen MR) is 71.7 cm³/mol. The van der Waals surface area contributed by atoms with E-state index in [1.165, 1.54) is 11.1 Å². The van der Waals surface area contributed by atoms with Crippen molar-refractivity contribution in [1.82, 2.24) is 4.90 Å². The molecule has 1 aromatic carbocycles. The maximum Gasteiger partial charge on any atom is 0.161 e. The number of ketones is 1. The van der Waals surface area contributed by atoms with Crippen LogP contribution in [-0.2, 0) is 17.8 Å². The summed E-state index contributed by atoms with van der Waals surface area (Å²) in [6.07, 6.45) is 2.31. The number of hydrogen-bond donors (Lipinski definition) is 0. The van der Waals surface area contributed by atoms with Crippen LogP contribution < -0.4 is 9.47 Å². The molecule has 2 aliphatic rings. The van der Waals surface area contributed by atoms with Crippen molar-refractivity contribution in [3.05, 3.63) is 23.3 Å². The van der Waals surface area contributed by atoms with Gasteiger partial charge < -0.3 is 9.47 Å². The second-order valence-corrected chi connectivity index (χ2v) is 5.30. The van der Waals surface area contributed by atoms with E-state index in [-0.39, 0.29) is 0 Å². The van der Waals surface area contributed by atoms with Crippen molar-refractivity contribution in [3.63, 3.8) is 0 Å². The summed E-state index contributed by atoms with van der Waals surface area (Å²) in [5, 5.41) is 0. The zero-order valence-electron chi connectivity index (χ0n) is 11.4. The van der Waals surface area contributed by atoms with Gasteiger partial charge in [0, 0.05) is 32.0 Å². The van der Waals surface area contributed by atoms with Gasteiger partial charge in [0.25, 0.3) is 0 Å². The van der Waals surface area contributed by atoms with Crippen LogP contribution in [0.2, 0.25) is 0 Å². The molecule has 0 aliphatic carbocycles. The largest absolute Gasteiger partial charge is 0.493 e. The fourth-order valence-electron chi connectivity index (χ4n) is 3.13. The minimum atomic E-state index is 0.367. The van der Waals surface area contributed by atoms with Crippen LogP contribution >= 0.6 is 0 Å². The van der Waals surface area contributed by atoms with E-state index in [1.54, 1.807) is 14.2 Å². The summed E-state index contributed by atoms with van der Waals surface area (Å²) in [6.45, 7) is 1.80. The van der Waals surface area contributed by atoms with Crippen LogP contribution in [0.4, 0.5) is 0 Å². The first-order valence-corrected chi connectivity index (χ1v) is 6.70. The normalized spacial score (nSPS) is 22.6. The van der Waals surface area contributed by atoms with Gasteiger partial charge in [0.05, 0.1) is 14.2 Å². The maximum atomic E-state index is 11.6. The van der Waals surface area contributed by atoms with Crippen LogP contribution in [0.3, 0.4) is 0 Å². The van der Waals surface area contributed by atoms with Gasteiger partial charge in [-0.2, -0.15) is 0 Å². The fraction of sp³-hybridized carbons (Fsp3) is 0.533. The van der Waals surface area contributed by atoms with Crippen molar-refractivity contribution in [3.8, 4) is 11.5 Å². The number of hydrogen-bond acceptors (Lipinski definition) is 4. The molecule has 0 spiro atoms. The molecule has 0 N–H and O–H groups in total. The molecule has 2 aliphatic heterocycles. The molecule has 1 saturated heterocycles. The summed E-state index contributed by atoms with van der Waals surface area (Å²) in [6, 6.07) is 4.50. The highest BCUT2D eigenvalue weighted by atomic mass is 16.5. The van der Waals surface area contributed by atoms with Crippen molar-refractivity contribution >= 4 is 5.78 Å². The molecule has 4 nitrogen and oxygen atoms in total. The Morgan fingerprint density at radius 2 is 1.79 bits per heavy atom. The molecule has 2 heterocycles. The lowest BCUT2D eigenvalue weighted by Gasteiger charge is -2.39. The molecule has 3 rings (SSSR count). The zero-order chi connectivity index (χ0) is 13.4. The van der Waals surface area contributed by atoms with Gasteiger partial charge in [0.2, 0.25) is 0 Å². The Labute approximate surface area is 113 Å². The van der Waals surface area contributed by atoms with Crippen LogP contribution in [-0.4, -0.2) is 37.5 Å². The standard InChI is InChI=1S/C15H19NO3/c1-18-14-6-10-5-12-8-13(17)3-4-16(12)9-11(10)7-15(14)19-2/h6-7,12H,3-5,8-9H2,1-2H3/t12-/m1/s1. The Kier molecular flexibility index (Phi) is 3.19. The predicted octanol–water partition coefficient (Wildman–Crippen LogP) is 1.79. The van der Waals surface area contributed by atoms with Gasteiger partial charge in [-0.15, -0.1) is 0 Å². The number of carbonyl (C=O) groups excluding carboxylic acids is 1. The molecule has 0 aromatic heterocycles. The number of ether oxygens (including phenoxy) is 2.